The molecule has 1 heterocycles. The van der Waals surface area contributed by atoms with Gasteiger partial charge < -0.3 is 4.74 Å². The average Bonchev–Trinajstić information content (AvgIpc) is 3.27. The predicted molar refractivity (Wildman–Crippen MR) is 123 cm³/mol. The van der Waals surface area contributed by atoms with Crippen molar-refractivity contribution in [3.63, 3.8) is 0 Å². The standard InChI is InChI=1S/C22H22FN3O5S2/c1-13(2)26-33(29,30)20-12-15(6-9-17(20)31-3)21(27)24-25-22(28)19-11-10-18(32-19)14-4-7-16(23)8-5-14/h4-13,26H,1-3H3,(H,24,27)(H,25,28). The number of amides is 2. The zero-order valence-electron chi connectivity index (χ0n) is 18.0. The fraction of sp³-hybridized carbons (Fsp3) is 0.182. The molecule has 0 saturated carbocycles. The maximum Gasteiger partial charge on any atom is 0.279 e. The molecule has 0 atom stereocenters. The number of nitrogens with one attached hydrogen (secondary N) is 3. The number of benzene rings is 2. The van der Waals surface area contributed by atoms with Gasteiger partial charge in [0.15, 0.2) is 0 Å². The Balaban J connectivity index is 1.71. The van der Waals surface area contributed by atoms with Crippen LogP contribution >= 0.6 is 11.3 Å². The highest BCUT2D eigenvalue weighted by Gasteiger charge is 2.23. The normalized spacial score (nSPS) is 11.3. The van der Waals surface area contributed by atoms with Gasteiger partial charge in [-0.2, -0.15) is 0 Å². The Morgan fingerprint density at radius 2 is 1.64 bits per heavy atom. The van der Waals surface area contributed by atoms with Crippen LogP contribution in [0.1, 0.15) is 33.9 Å². The molecule has 0 aliphatic heterocycles. The lowest BCUT2D eigenvalue weighted by molar-refractivity contribution is 0.0848. The molecule has 0 aliphatic carbocycles. The molecule has 3 rings (SSSR count). The molecule has 0 aliphatic rings. The monoisotopic (exact) mass is 491 g/mol. The molecule has 11 heteroatoms. The number of ether oxygens (including phenoxy) is 1. The minimum atomic E-state index is -3.92. The number of sulfonamides is 1. The van der Waals surface area contributed by atoms with Crippen LogP contribution in [0.4, 0.5) is 4.39 Å². The van der Waals surface area contributed by atoms with Crippen molar-refractivity contribution < 1.29 is 27.1 Å². The lowest BCUT2D eigenvalue weighted by Crippen LogP contribution is -2.41. The second-order valence-electron chi connectivity index (χ2n) is 7.22. The first-order valence-corrected chi connectivity index (χ1v) is 12.1. The van der Waals surface area contributed by atoms with E-state index in [9.17, 15) is 22.4 Å². The summed E-state index contributed by atoms with van der Waals surface area (Å²) in [4.78, 5) is 25.8. The van der Waals surface area contributed by atoms with Crippen LogP contribution in [0.15, 0.2) is 59.5 Å². The summed E-state index contributed by atoms with van der Waals surface area (Å²) in [7, 11) is -2.60. The molecule has 3 N–H and O–H groups in total. The molecule has 0 fully saturated rings. The second-order valence-corrected chi connectivity index (χ2v) is 9.99. The van der Waals surface area contributed by atoms with Crippen molar-refractivity contribution in [2.24, 2.45) is 0 Å². The van der Waals surface area contributed by atoms with Gasteiger partial charge in [0.2, 0.25) is 10.0 Å². The van der Waals surface area contributed by atoms with Crippen molar-refractivity contribution in [3.05, 3.63) is 70.9 Å². The molecule has 33 heavy (non-hydrogen) atoms. The molecule has 3 aromatic rings. The minimum absolute atomic E-state index is 0.0124. The zero-order chi connectivity index (χ0) is 24.2. The Labute approximate surface area is 194 Å². The zero-order valence-corrected chi connectivity index (χ0v) is 19.6. The van der Waals surface area contributed by atoms with Gasteiger partial charge in [-0.05, 0) is 61.9 Å². The number of hydrogen-bond acceptors (Lipinski definition) is 6. The number of rotatable bonds is 7. The lowest BCUT2D eigenvalue weighted by atomic mass is 10.2. The Bertz CT molecular complexity index is 1270. The van der Waals surface area contributed by atoms with E-state index in [0.717, 1.165) is 10.4 Å². The van der Waals surface area contributed by atoms with Crippen molar-refractivity contribution in [1.82, 2.24) is 15.6 Å². The van der Waals surface area contributed by atoms with E-state index >= 15 is 0 Å². The van der Waals surface area contributed by atoms with Gasteiger partial charge in [-0.15, -0.1) is 11.3 Å². The van der Waals surface area contributed by atoms with Crippen molar-refractivity contribution in [3.8, 4) is 16.2 Å². The van der Waals surface area contributed by atoms with E-state index in [4.69, 9.17) is 4.74 Å². The highest BCUT2D eigenvalue weighted by atomic mass is 32.2. The fourth-order valence-corrected chi connectivity index (χ4v) is 5.23. The number of methoxy groups -OCH3 is 1. The van der Waals surface area contributed by atoms with Gasteiger partial charge in [0.1, 0.15) is 16.5 Å². The van der Waals surface area contributed by atoms with E-state index < -0.39 is 21.8 Å². The van der Waals surface area contributed by atoms with E-state index in [1.165, 1.54) is 48.8 Å². The highest BCUT2D eigenvalue weighted by molar-refractivity contribution is 7.89. The number of hydrazine groups is 1. The largest absolute Gasteiger partial charge is 0.495 e. The molecule has 2 amide bonds. The summed E-state index contributed by atoms with van der Waals surface area (Å²) in [6, 6.07) is 12.7. The van der Waals surface area contributed by atoms with Crippen LogP contribution in [0.2, 0.25) is 0 Å². The van der Waals surface area contributed by atoms with E-state index in [0.29, 0.717) is 4.88 Å². The molecule has 174 valence electrons. The van der Waals surface area contributed by atoms with E-state index in [1.54, 1.807) is 38.1 Å². The van der Waals surface area contributed by atoms with Gasteiger partial charge in [-0.1, -0.05) is 12.1 Å². The van der Waals surface area contributed by atoms with Crippen LogP contribution in [0.3, 0.4) is 0 Å². The molecule has 0 spiro atoms. The maximum atomic E-state index is 13.1. The molecule has 0 bridgehead atoms. The fourth-order valence-electron chi connectivity index (χ4n) is 2.88. The van der Waals surface area contributed by atoms with Crippen LogP contribution in [-0.4, -0.2) is 33.4 Å². The van der Waals surface area contributed by atoms with Crippen molar-refractivity contribution in [2.75, 3.05) is 7.11 Å². The van der Waals surface area contributed by atoms with E-state index in [1.807, 2.05) is 0 Å². The highest BCUT2D eigenvalue weighted by Crippen LogP contribution is 2.28. The summed E-state index contributed by atoms with van der Waals surface area (Å²) in [5.74, 6) is -1.53. The first-order chi connectivity index (χ1) is 15.6. The summed E-state index contributed by atoms with van der Waals surface area (Å²) in [6.07, 6.45) is 0. The Morgan fingerprint density at radius 3 is 2.27 bits per heavy atom. The van der Waals surface area contributed by atoms with Crippen molar-refractivity contribution in [1.29, 1.82) is 0 Å². The summed E-state index contributed by atoms with van der Waals surface area (Å²) < 4.78 is 45.8. The quantitative estimate of drug-likeness (QED) is 0.439. The Kier molecular flexibility index (Phi) is 7.46. The van der Waals surface area contributed by atoms with E-state index in [-0.39, 0.29) is 28.1 Å². The van der Waals surface area contributed by atoms with Crippen molar-refractivity contribution >= 4 is 33.2 Å². The number of thiophene rings is 1. The first kappa shape index (κ1) is 24.4. The van der Waals surface area contributed by atoms with Gasteiger partial charge in [-0.3, -0.25) is 20.4 Å². The number of carbonyl (C=O) groups is 2. The van der Waals surface area contributed by atoms with Gasteiger partial charge in [0.25, 0.3) is 11.8 Å². The topological polar surface area (TPSA) is 114 Å². The smallest absolute Gasteiger partial charge is 0.279 e. The number of halogens is 1. The molecule has 1 aromatic heterocycles. The average molecular weight is 492 g/mol. The van der Waals surface area contributed by atoms with Gasteiger partial charge >= 0.3 is 0 Å². The van der Waals surface area contributed by atoms with Crippen LogP contribution in [0.25, 0.3) is 10.4 Å². The Morgan fingerprint density at radius 1 is 0.970 bits per heavy atom. The summed E-state index contributed by atoms with van der Waals surface area (Å²) >= 11 is 1.17. The van der Waals surface area contributed by atoms with Crippen LogP contribution in [-0.2, 0) is 10.0 Å². The molecule has 0 saturated heterocycles. The molecule has 8 nitrogen and oxygen atoms in total. The summed E-state index contributed by atoms with van der Waals surface area (Å²) in [5.41, 5.74) is 5.35. The SMILES string of the molecule is COc1ccc(C(=O)NNC(=O)c2ccc(-c3ccc(F)cc3)s2)cc1S(=O)(=O)NC(C)C. The molecule has 0 unspecified atom stereocenters. The maximum absolute atomic E-state index is 13.1. The summed E-state index contributed by atoms with van der Waals surface area (Å²) in [6.45, 7) is 3.34. The van der Waals surface area contributed by atoms with Gasteiger partial charge in [-0.25, -0.2) is 17.5 Å². The van der Waals surface area contributed by atoms with E-state index in [2.05, 4.69) is 15.6 Å². The van der Waals surface area contributed by atoms with Gasteiger partial charge in [0, 0.05) is 16.5 Å². The summed E-state index contributed by atoms with van der Waals surface area (Å²) in [5, 5.41) is 0. The Hall–Kier alpha value is -3.28. The minimum Gasteiger partial charge on any atom is -0.495 e. The lowest BCUT2D eigenvalue weighted by Gasteiger charge is -2.14. The predicted octanol–water partition coefficient (Wildman–Crippen LogP) is 3.32. The van der Waals surface area contributed by atoms with Crippen LogP contribution < -0.4 is 20.3 Å². The van der Waals surface area contributed by atoms with Crippen molar-refractivity contribution in [2.45, 2.75) is 24.8 Å². The first-order valence-electron chi connectivity index (χ1n) is 9.77. The van der Waals surface area contributed by atoms with Crippen LogP contribution in [0.5, 0.6) is 5.75 Å². The third kappa shape index (κ3) is 5.95. The molecule has 0 radical (unpaired) electrons. The molecule has 2 aromatic carbocycles. The second kappa shape index (κ2) is 10.1. The number of carbonyl (C=O) groups excluding carboxylic acids is 2. The number of hydrogen-bond donors (Lipinski definition) is 3. The third-order valence-electron chi connectivity index (χ3n) is 4.35. The van der Waals surface area contributed by atoms with Gasteiger partial charge in [0.05, 0.1) is 12.0 Å². The molecular formula is C22H22FN3O5S2. The van der Waals surface area contributed by atoms with Crippen LogP contribution in [0, 0.1) is 5.82 Å². The molecular weight excluding hydrogens is 469 g/mol. The third-order valence-corrected chi connectivity index (χ3v) is 7.17.